The standard InChI is InChI=1S/C11H17F3N2O3/c1-3-9(4-2,7(17)18)15-8(19)16-10(5-6-10)11(12,13)14/h3-6H2,1-2H3,(H,17,18)(H2,15,16,19). The summed E-state index contributed by atoms with van der Waals surface area (Å²) in [6.45, 7) is 3.10. The summed E-state index contributed by atoms with van der Waals surface area (Å²) in [6, 6.07) is -1.10. The Kier molecular flexibility index (Phi) is 4.02. The highest BCUT2D eigenvalue weighted by molar-refractivity contribution is 5.86. The fourth-order valence-corrected chi connectivity index (χ4v) is 1.85. The number of hydrogen-bond acceptors (Lipinski definition) is 2. The molecule has 0 saturated heterocycles. The molecule has 3 N–H and O–H groups in total. The number of hydrogen-bond donors (Lipinski definition) is 3. The number of amides is 2. The molecule has 0 aromatic rings. The second-order valence-corrected chi connectivity index (χ2v) is 4.75. The Labute approximate surface area is 108 Å². The van der Waals surface area contributed by atoms with Gasteiger partial charge in [0.2, 0.25) is 0 Å². The molecule has 0 unspecified atom stereocenters. The summed E-state index contributed by atoms with van der Waals surface area (Å²) in [4.78, 5) is 22.7. The first-order valence-electron chi connectivity index (χ1n) is 6.03. The van der Waals surface area contributed by atoms with Crippen LogP contribution in [-0.2, 0) is 4.79 Å². The van der Waals surface area contributed by atoms with E-state index in [1.165, 1.54) is 0 Å². The maximum Gasteiger partial charge on any atom is 0.411 e. The molecule has 5 nitrogen and oxygen atoms in total. The molecule has 1 aliphatic rings. The van der Waals surface area contributed by atoms with E-state index < -0.39 is 29.3 Å². The van der Waals surface area contributed by atoms with E-state index in [4.69, 9.17) is 5.11 Å². The predicted octanol–water partition coefficient (Wildman–Crippen LogP) is 2.02. The largest absolute Gasteiger partial charge is 0.480 e. The second-order valence-electron chi connectivity index (χ2n) is 4.75. The monoisotopic (exact) mass is 282 g/mol. The van der Waals surface area contributed by atoms with Crippen LogP contribution in [0.1, 0.15) is 39.5 Å². The molecular formula is C11H17F3N2O3. The average Bonchev–Trinajstić information content (AvgIpc) is 3.05. The first-order valence-corrected chi connectivity index (χ1v) is 6.03. The van der Waals surface area contributed by atoms with Crippen molar-refractivity contribution in [1.29, 1.82) is 0 Å². The number of carbonyl (C=O) groups excluding carboxylic acids is 1. The normalized spacial score (nSPS) is 17.7. The van der Waals surface area contributed by atoms with Crippen LogP contribution in [0.3, 0.4) is 0 Å². The Bertz CT molecular complexity index is 374. The number of nitrogens with one attached hydrogen (secondary N) is 2. The molecule has 2 amide bonds. The number of carboxylic acids is 1. The molecule has 0 spiro atoms. The number of carbonyl (C=O) groups is 2. The maximum absolute atomic E-state index is 12.7. The van der Waals surface area contributed by atoms with Crippen LogP contribution >= 0.6 is 0 Å². The van der Waals surface area contributed by atoms with Crippen LogP contribution in [0.25, 0.3) is 0 Å². The van der Waals surface area contributed by atoms with Crippen molar-refractivity contribution in [1.82, 2.24) is 10.6 Å². The van der Waals surface area contributed by atoms with Gasteiger partial charge in [0.05, 0.1) is 0 Å². The van der Waals surface area contributed by atoms with Gasteiger partial charge < -0.3 is 15.7 Å². The first kappa shape index (κ1) is 15.6. The van der Waals surface area contributed by atoms with Gasteiger partial charge in [0.15, 0.2) is 0 Å². The third-order valence-corrected chi connectivity index (χ3v) is 3.61. The van der Waals surface area contributed by atoms with Gasteiger partial charge in [0, 0.05) is 0 Å². The van der Waals surface area contributed by atoms with E-state index in [2.05, 4.69) is 5.32 Å². The summed E-state index contributed by atoms with van der Waals surface area (Å²) in [5.41, 5.74) is -3.73. The highest BCUT2D eigenvalue weighted by atomic mass is 19.4. The zero-order chi connectivity index (χ0) is 14.9. The van der Waals surface area contributed by atoms with Gasteiger partial charge in [-0.2, -0.15) is 13.2 Å². The molecule has 0 bridgehead atoms. The number of urea groups is 1. The zero-order valence-corrected chi connectivity index (χ0v) is 10.7. The number of carboxylic acid groups (broad SMARTS) is 1. The van der Waals surface area contributed by atoms with Crippen LogP contribution in [0.5, 0.6) is 0 Å². The van der Waals surface area contributed by atoms with Gasteiger partial charge in [0.1, 0.15) is 11.1 Å². The van der Waals surface area contributed by atoms with E-state index in [0.29, 0.717) is 0 Å². The minimum absolute atomic E-state index is 0.0886. The third kappa shape index (κ3) is 2.93. The zero-order valence-electron chi connectivity index (χ0n) is 10.7. The number of rotatable bonds is 5. The van der Waals surface area contributed by atoms with Crippen LogP contribution < -0.4 is 10.6 Å². The van der Waals surface area contributed by atoms with Gasteiger partial charge in [-0.25, -0.2) is 9.59 Å². The summed E-state index contributed by atoms with van der Waals surface area (Å²) in [7, 11) is 0. The lowest BCUT2D eigenvalue weighted by atomic mass is 9.93. The molecule has 0 aromatic carbocycles. The highest BCUT2D eigenvalue weighted by Crippen LogP contribution is 2.48. The first-order chi connectivity index (χ1) is 8.62. The lowest BCUT2D eigenvalue weighted by Crippen LogP contribution is -2.60. The van der Waals surface area contributed by atoms with Crippen LogP contribution in [0.15, 0.2) is 0 Å². The molecule has 0 atom stereocenters. The summed E-state index contributed by atoms with van der Waals surface area (Å²) < 4.78 is 38.0. The number of halogens is 3. The molecule has 110 valence electrons. The summed E-state index contributed by atoms with van der Waals surface area (Å²) in [6.07, 6.45) is -4.70. The van der Waals surface area contributed by atoms with Crippen LogP contribution in [0.2, 0.25) is 0 Å². The van der Waals surface area contributed by atoms with E-state index in [1.54, 1.807) is 13.8 Å². The SMILES string of the molecule is CCC(CC)(NC(=O)NC1(C(F)(F)F)CC1)C(=O)O. The van der Waals surface area contributed by atoms with Crippen LogP contribution in [0, 0.1) is 0 Å². The third-order valence-electron chi connectivity index (χ3n) is 3.61. The molecule has 1 saturated carbocycles. The van der Waals surface area contributed by atoms with Crippen LogP contribution in [0.4, 0.5) is 18.0 Å². The highest BCUT2D eigenvalue weighted by Gasteiger charge is 2.64. The Morgan fingerprint density at radius 3 is 1.95 bits per heavy atom. The molecule has 1 fully saturated rings. The van der Waals surface area contributed by atoms with Crippen molar-refractivity contribution in [2.45, 2.75) is 56.8 Å². The van der Waals surface area contributed by atoms with E-state index in [9.17, 15) is 22.8 Å². The van der Waals surface area contributed by atoms with Gasteiger partial charge in [-0.05, 0) is 25.7 Å². The van der Waals surface area contributed by atoms with Gasteiger partial charge in [-0.3, -0.25) is 0 Å². The Balaban J connectivity index is 2.73. The molecule has 1 rings (SSSR count). The Morgan fingerprint density at radius 1 is 1.21 bits per heavy atom. The molecule has 19 heavy (non-hydrogen) atoms. The van der Waals surface area contributed by atoms with Gasteiger partial charge >= 0.3 is 18.2 Å². The molecule has 0 aromatic heterocycles. The van der Waals surface area contributed by atoms with E-state index >= 15 is 0 Å². The van der Waals surface area contributed by atoms with Gasteiger partial charge in [-0.1, -0.05) is 13.8 Å². The van der Waals surface area contributed by atoms with Crippen molar-refractivity contribution in [2.75, 3.05) is 0 Å². The van der Waals surface area contributed by atoms with Crippen LogP contribution in [-0.4, -0.2) is 34.4 Å². The Hall–Kier alpha value is -1.47. The number of aliphatic carboxylic acids is 1. The minimum atomic E-state index is -4.52. The van der Waals surface area contributed by atoms with Crippen molar-refractivity contribution in [3.63, 3.8) is 0 Å². The molecule has 0 radical (unpaired) electrons. The van der Waals surface area contributed by atoms with Crippen molar-refractivity contribution in [3.05, 3.63) is 0 Å². The topological polar surface area (TPSA) is 78.4 Å². The van der Waals surface area contributed by atoms with Crippen molar-refractivity contribution in [3.8, 4) is 0 Å². The molecule has 0 heterocycles. The lowest BCUT2D eigenvalue weighted by Gasteiger charge is -2.30. The van der Waals surface area contributed by atoms with Crippen molar-refractivity contribution < 1.29 is 27.9 Å². The fraction of sp³-hybridized carbons (Fsp3) is 0.818. The van der Waals surface area contributed by atoms with E-state index in [0.717, 1.165) is 0 Å². The number of alkyl halides is 3. The molecular weight excluding hydrogens is 265 g/mol. The molecule has 8 heteroatoms. The Morgan fingerprint density at radius 2 is 1.68 bits per heavy atom. The van der Waals surface area contributed by atoms with Gasteiger partial charge in [-0.15, -0.1) is 0 Å². The van der Waals surface area contributed by atoms with Crippen molar-refractivity contribution >= 4 is 12.0 Å². The summed E-state index contributed by atoms with van der Waals surface area (Å²) in [5.74, 6) is -1.26. The average molecular weight is 282 g/mol. The predicted molar refractivity (Wildman–Crippen MR) is 60.6 cm³/mol. The van der Waals surface area contributed by atoms with Gasteiger partial charge in [0.25, 0.3) is 0 Å². The quantitative estimate of drug-likeness (QED) is 0.722. The maximum atomic E-state index is 12.7. The fourth-order valence-electron chi connectivity index (χ4n) is 1.85. The molecule has 0 aliphatic heterocycles. The van der Waals surface area contributed by atoms with E-state index in [1.807, 2.05) is 5.32 Å². The minimum Gasteiger partial charge on any atom is -0.480 e. The smallest absolute Gasteiger partial charge is 0.411 e. The lowest BCUT2D eigenvalue weighted by molar-refractivity contribution is -0.162. The summed E-state index contributed by atoms with van der Waals surface area (Å²) in [5, 5.41) is 13.1. The molecule has 1 aliphatic carbocycles. The second kappa shape index (κ2) is 4.90. The summed E-state index contributed by atoms with van der Waals surface area (Å²) >= 11 is 0. The van der Waals surface area contributed by atoms with Crippen molar-refractivity contribution in [2.24, 2.45) is 0 Å². The van der Waals surface area contributed by atoms with E-state index in [-0.39, 0.29) is 25.7 Å².